The number of piperazine rings is 1. The lowest BCUT2D eigenvalue weighted by Gasteiger charge is -2.35. The first kappa shape index (κ1) is 37.6. The molecule has 2 aromatic heterocycles. The Morgan fingerprint density at radius 1 is 1.14 bits per heavy atom. The third-order valence-corrected chi connectivity index (χ3v) is 9.42. The number of unbranched alkanes of at least 4 members (excludes halogenated alkanes) is 1. The largest absolute Gasteiger partial charge is 0.496 e. The number of benzene rings is 1. The molecule has 13 heteroatoms. The first-order valence-electron chi connectivity index (χ1n) is 17.4. The standard InChI is InChI=1S/C36H54N8O5/c1-6-7-8-28(24-46)38-34-33-30(39-36(37)40-34)11-15-44(33)23-27-21-26(9-10-31(27)49-5)22-42-16-18-43(19-17-42)32(47)12-14-41(4)35(48)29(13-20-45)25(2)3/h9-11,15,20-21,25,28-29,46H,6-8,12-14,16-19,22-24H2,1-5H3,(H3,37,38,39,40). The van der Waals surface area contributed by atoms with Gasteiger partial charge < -0.3 is 40.1 Å². The summed E-state index contributed by atoms with van der Waals surface area (Å²) in [5.41, 5.74) is 9.73. The van der Waals surface area contributed by atoms with E-state index >= 15 is 0 Å². The zero-order valence-electron chi connectivity index (χ0n) is 29.7. The van der Waals surface area contributed by atoms with Crippen molar-refractivity contribution < 1.29 is 24.2 Å². The monoisotopic (exact) mass is 678 g/mol. The summed E-state index contributed by atoms with van der Waals surface area (Å²) < 4.78 is 7.82. The maximum Gasteiger partial charge on any atom is 0.226 e. The van der Waals surface area contributed by atoms with Crippen LogP contribution in [0.4, 0.5) is 11.8 Å². The predicted octanol–water partition coefficient (Wildman–Crippen LogP) is 3.39. The number of hydrogen-bond acceptors (Lipinski definition) is 10. The van der Waals surface area contributed by atoms with E-state index in [4.69, 9.17) is 10.5 Å². The van der Waals surface area contributed by atoms with E-state index in [9.17, 15) is 19.5 Å². The van der Waals surface area contributed by atoms with Crippen molar-refractivity contribution in [3.05, 3.63) is 41.6 Å². The van der Waals surface area contributed by atoms with Crippen molar-refractivity contribution >= 4 is 40.9 Å². The number of fused-ring (bicyclic) bond motifs is 1. The van der Waals surface area contributed by atoms with E-state index in [1.165, 1.54) is 0 Å². The molecule has 268 valence electrons. The van der Waals surface area contributed by atoms with Crippen LogP contribution < -0.4 is 15.8 Å². The van der Waals surface area contributed by atoms with Gasteiger partial charge in [0.1, 0.15) is 17.6 Å². The smallest absolute Gasteiger partial charge is 0.226 e. The number of aliphatic hydroxyl groups excluding tert-OH is 1. The Morgan fingerprint density at radius 2 is 1.90 bits per heavy atom. The van der Waals surface area contributed by atoms with E-state index in [2.05, 4.69) is 43.8 Å². The average Bonchev–Trinajstić information content (AvgIpc) is 3.49. The van der Waals surface area contributed by atoms with Crippen LogP contribution in [0.3, 0.4) is 0 Å². The lowest BCUT2D eigenvalue weighted by Crippen LogP contribution is -2.49. The molecule has 1 saturated heterocycles. The Labute approximate surface area is 289 Å². The molecule has 2 amide bonds. The molecule has 0 bridgehead atoms. The molecular formula is C36H54N8O5. The Hall–Kier alpha value is -4.23. The number of nitrogens with zero attached hydrogens (tertiary/aromatic N) is 6. The van der Waals surface area contributed by atoms with Gasteiger partial charge in [-0.3, -0.25) is 14.5 Å². The van der Waals surface area contributed by atoms with Gasteiger partial charge in [0, 0.05) is 76.8 Å². The maximum absolute atomic E-state index is 13.0. The van der Waals surface area contributed by atoms with Gasteiger partial charge in [-0.1, -0.05) is 39.7 Å². The second-order valence-electron chi connectivity index (χ2n) is 13.3. The number of aliphatic hydroxyl groups is 1. The summed E-state index contributed by atoms with van der Waals surface area (Å²) in [4.78, 5) is 51.6. The van der Waals surface area contributed by atoms with Gasteiger partial charge >= 0.3 is 0 Å². The number of methoxy groups -OCH3 is 1. The minimum atomic E-state index is -0.356. The summed E-state index contributed by atoms with van der Waals surface area (Å²) >= 11 is 0. The molecular weight excluding hydrogens is 624 g/mol. The number of aldehydes is 1. The van der Waals surface area contributed by atoms with Crippen LogP contribution in [0.15, 0.2) is 30.5 Å². The lowest BCUT2D eigenvalue weighted by atomic mass is 9.91. The van der Waals surface area contributed by atoms with Gasteiger partial charge in [0.2, 0.25) is 17.8 Å². The fraction of sp³-hybridized carbons (Fsp3) is 0.583. The van der Waals surface area contributed by atoms with Crippen molar-refractivity contribution in [3.63, 3.8) is 0 Å². The lowest BCUT2D eigenvalue weighted by molar-refractivity contribution is -0.138. The van der Waals surface area contributed by atoms with E-state index in [1.54, 1.807) is 19.1 Å². The number of carbonyl (C=O) groups is 3. The molecule has 13 nitrogen and oxygen atoms in total. The van der Waals surface area contributed by atoms with Crippen molar-refractivity contribution in [1.29, 1.82) is 0 Å². The quantitative estimate of drug-likeness (QED) is 0.170. The third-order valence-electron chi connectivity index (χ3n) is 9.42. The minimum absolute atomic E-state index is 0.00893. The Morgan fingerprint density at radius 3 is 2.55 bits per heavy atom. The van der Waals surface area contributed by atoms with E-state index < -0.39 is 0 Å². The molecule has 3 heterocycles. The van der Waals surface area contributed by atoms with Crippen LogP contribution in [0.1, 0.15) is 64.0 Å². The molecule has 3 aromatic rings. The first-order valence-corrected chi connectivity index (χ1v) is 17.4. The van der Waals surface area contributed by atoms with Gasteiger partial charge in [0.05, 0.1) is 31.8 Å². The number of nitrogen functional groups attached to an aromatic ring is 1. The van der Waals surface area contributed by atoms with Crippen molar-refractivity contribution in [1.82, 2.24) is 29.2 Å². The number of hydrogen-bond donors (Lipinski definition) is 3. The molecule has 1 fully saturated rings. The molecule has 0 radical (unpaired) electrons. The summed E-state index contributed by atoms with van der Waals surface area (Å²) in [6.45, 7) is 10.3. The van der Waals surface area contributed by atoms with Crippen molar-refractivity contribution in [2.45, 2.75) is 72.0 Å². The number of anilines is 2. The molecule has 49 heavy (non-hydrogen) atoms. The van der Waals surface area contributed by atoms with Crippen LogP contribution in [0, 0.1) is 11.8 Å². The number of aromatic nitrogens is 3. The number of rotatable bonds is 18. The zero-order valence-corrected chi connectivity index (χ0v) is 29.7. The maximum atomic E-state index is 13.0. The Bertz CT molecular complexity index is 1550. The van der Waals surface area contributed by atoms with E-state index in [1.807, 2.05) is 37.1 Å². The number of carbonyl (C=O) groups excluding carboxylic acids is 3. The van der Waals surface area contributed by atoms with Crippen LogP contribution in [0.5, 0.6) is 5.75 Å². The van der Waals surface area contributed by atoms with Crippen LogP contribution in [-0.4, -0.2) is 112 Å². The van der Waals surface area contributed by atoms with Crippen LogP contribution in [0.2, 0.25) is 0 Å². The molecule has 1 aromatic carbocycles. The van der Waals surface area contributed by atoms with Crippen molar-refractivity contribution in [3.8, 4) is 5.75 Å². The van der Waals surface area contributed by atoms with Crippen LogP contribution >= 0.6 is 0 Å². The Kier molecular flexibility index (Phi) is 13.8. The molecule has 1 aliphatic heterocycles. The highest BCUT2D eigenvalue weighted by Gasteiger charge is 2.27. The highest BCUT2D eigenvalue weighted by Crippen LogP contribution is 2.28. The van der Waals surface area contributed by atoms with E-state index in [0.29, 0.717) is 32.0 Å². The van der Waals surface area contributed by atoms with E-state index in [-0.39, 0.29) is 55.1 Å². The zero-order chi connectivity index (χ0) is 35.5. The Balaban J connectivity index is 1.38. The highest BCUT2D eigenvalue weighted by atomic mass is 16.5. The second-order valence-corrected chi connectivity index (χ2v) is 13.3. The predicted molar refractivity (Wildman–Crippen MR) is 191 cm³/mol. The van der Waals surface area contributed by atoms with Crippen LogP contribution in [0.25, 0.3) is 11.0 Å². The van der Waals surface area contributed by atoms with E-state index in [0.717, 1.165) is 73.1 Å². The molecule has 1 aliphatic rings. The average molecular weight is 679 g/mol. The summed E-state index contributed by atoms with van der Waals surface area (Å²) in [7, 11) is 3.37. The SMILES string of the molecule is CCCCC(CO)Nc1nc(N)nc2ccn(Cc3cc(CN4CCN(C(=O)CCN(C)C(=O)C(CC=O)C(C)C)CC4)ccc3OC)c12. The van der Waals surface area contributed by atoms with Gasteiger partial charge in [-0.25, -0.2) is 4.98 Å². The molecule has 2 unspecified atom stereocenters. The number of amides is 2. The van der Waals surface area contributed by atoms with Crippen molar-refractivity contribution in [2.75, 3.05) is 64.5 Å². The van der Waals surface area contributed by atoms with Gasteiger partial charge in [0.25, 0.3) is 0 Å². The van der Waals surface area contributed by atoms with Gasteiger partial charge in [-0.05, 0) is 36.1 Å². The number of nitrogens with one attached hydrogen (secondary N) is 1. The summed E-state index contributed by atoms with van der Waals surface area (Å²) in [5.74, 6) is 1.20. The molecule has 4 N–H and O–H groups in total. The normalized spacial score (nSPS) is 15.0. The summed E-state index contributed by atoms with van der Waals surface area (Å²) in [5, 5.41) is 13.4. The van der Waals surface area contributed by atoms with Gasteiger partial charge in [0.15, 0.2) is 5.82 Å². The first-order chi connectivity index (χ1) is 23.6. The second kappa shape index (κ2) is 18.0. The molecule has 0 spiro atoms. The van der Waals surface area contributed by atoms with Gasteiger partial charge in [-0.2, -0.15) is 4.98 Å². The van der Waals surface area contributed by atoms with Crippen LogP contribution in [-0.2, 0) is 27.5 Å². The molecule has 0 saturated carbocycles. The van der Waals surface area contributed by atoms with Gasteiger partial charge in [-0.15, -0.1) is 0 Å². The third kappa shape index (κ3) is 9.91. The van der Waals surface area contributed by atoms with Crippen molar-refractivity contribution in [2.24, 2.45) is 11.8 Å². The number of nitrogens with two attached hydrogens (primary N) is 1. The fourth-order valence-electron chi connectivity index (χ4n) is 6.44. The topological polar surface area (TPSA) is 159 Å². The molecule has 4 rings (SSSR count). The molecule has 0 aliphatic carbocycles. The molecule has 2 atom stereocenters. The summed E-state index contributed by atoms with van der Waals surface area (Å²) in [6, 6.07) is 8.00. The minimum Gasteiger partial charge on any atom is -0.496 e. The number of ether oxygens (including phenoxy) is 1. The summed E-state index contributed by atoms with van der Waals surface area (Å²) in [6.07, 6.45) is 6.06. The fourth-order valence-corrected chi connectivity index (χ4v) is 6.44. The highest BCUT2D eigenvalue weighted by molar-refractivity contribution is 5.88.